The Morgan fingerprint density at radius 2 is 2.24 bits per heavy atom. The zero-order chi connectivity index (χ0) is 13.1. The van der Waals surface area contributed by atoms with Gasteiger partial charge in [0.2, 0.25) is 0 Å². The molecule has 1 aromatic heterocycles. The van der Waals surface area contributed by atoms with Gasteiger partial charge in [0.1, 0.15) is 9.84 Å². The standard InChI is InChI=1S/C10H20N4O2S/c1-8-7-10(14(2)13-8)9(12-11)5-4-6-17(3,15)16/h7,9,12H,4-6,11H2,1-3H3. The number of nitrogens with two attached hydrogens (primary N) is 1. The number of nitrogens with one attached hydrogen (secondary N) is 1. The van der Waals surface area contributed by atoms with Crippen LogP contribution in [0, 0.1) is 6.92 Å². The van der Waals surface area contributed by atoms with Crippen molar-refractivity contribution in [2.24, 2.45) is 12.9 Å². The molecule has 3 N–H and O–H groups in total. The van der Waals surface area contributed by atoms with Crippen molar-refractivity contribution in [2.45, 2.75) is 25.8 Å². The second-order valence-electron chi connectivity index (χ2n) is 4.33. The number of rotatable bonds is 6. The topological polar surface area (TPSA) is 90.0 Å². The van der Waals surface area contributed by atoms with E-state index in [2.05, 4.69) is 10.5 Å². The van der Waals surface area contributed by atoms with Crippen molar-refractivity contribution < 1.29 is 8.42 Å². The van der Waals surface area contributed by atoms with Crippen LogP contribution in [0.2, 0.25) is 0 Å². The number of aryl methyl sites for hydroxylation is 2. The fourth-order valence-corrected chi connectivity index (χ4v) is 2.51. The van der Waals surface area contributed by atoms with Crippen LogP contribution in [0.15, 0.2) is 6.07 Å². The molecule has 98 valence electrons. The van der Waals surface area contributed by atoms with Crippen LogP contribution in [0.3, 0.4) is 0 Å². The fourth-order valence-electron chi connectivity index (χ4n) is 1.82. The van der Waals surface area contributed by atoms with E-state index in [1.807, 2.05) is 20.0 Å². The number of sulfone groups is 1. The smallest absolute Gasteiger partial charge is 0.147 e. The van der Waals surface area contributed by atoms with Gasteiger partial charge < -0.3 is 0 Å². The monoisotopic (exact) mass is 260 g/mol. The Bertz CT molecular complexity index is 467. The van der Waals surface area contributed by atoms with Crippen LogP contribution in [0.4, 0.5) is 0 Å². The van der Waals surface area contributed by atoms with Crippen molar-refractivity contribution in [2.75, 3.05) is 12.0 Å². The van der Waals surface area contributed by atoms with Gasteiger partial charge in [0.15, 0.2) is 0 Å². The van der Waals surface area contributed by atoms with E-state index in [-0.39, 0.29) is 11.8 Å². The lowest BCUT2D eigenvalue weighted by Gasteiger charge is -2.15. The Morgan fingerprint density at radius 1 is 1.59 bits per heavy atom. The molecule has 0 aromatic carbocycles. The fraction of sp³-hybridized carbons (Fsp3) is 0.700. The quantitative estimate of drug-likeness (QED) is 0.557. The molecule has 0 saturated carbocycles. The molecule has 0 amide bonds. The highest BCUT2D eigenvalue weighted by Gasteiger charge is 2.15. The molecule has 0 aliphatic carbocycles. The molecule has 0 fully saturated rings. The van der Waals surface area contributed by atoms with Crippen molar-refractivity contribution in [3.63, 3.8) is 0 Å². The molecule has 6 nitrogen and oxygen atoms in total. The minimum Gasteiger partial charge on any atom is -0.271 e. The number of nitrogens with zero attached hydrogens (tertiary/aromatic N) is 2. The lowest BCUT2D eigenvalue weighted by Crippen LogP contribution is -2.30. The van der Waals surface area contributed by atoms with Crippen LogP contribution in [0.5, 0.6) is 0 Å². The third-order valence-corrected chi connectivity index (χ3v) is 3.63. The van der Waals surface area contributed by atoms with E-state index in [0.717, 1.165) is 11.4 Å². The van der Waals surface area contributed by atoms with Gasteiger partial charge in [0.05, 0.1) is 17.4 Å². The molecule has 1 aromatic rings. The molecular formula is C10H20N4O2S. The van der Waals surface area contributed by atoms with Gasteiger partial charge in [-0.3, -0.25) is 16.0 Å². The van der Waals surface area contributed by atoms with E-state index in [0.29, 0.717) is 12.8 Å². The highest BCUT2D eigenvalue weighted by Crippen LogP contribution is 2.18. The molecule has 0 radical (unpaired) electrons. The first-order valence-corrected chi connectivity index (χ1v) is 7.54. The highest BCUT2D eigenvalue weighted by molar-refractivity contribution is 7.90. The number of hydrogen-bond donors (Lipinski definition) is 2. The van der Waals surface area contributed by atoms with E-state index in [9.17, 15) is 8.42 Å². The van der Waals surface area contributed by atoms with E-state index in [4.69, 9.17) is 5.84 Å². The minimum atomic E-state index is -2.91. The van der Waals surface area contributed by atoms with Crippen LogP contribution >= 0.6 is 0 Å². The second kappa shape index (κ2) is 5.61. The SMILES string of the molecule is Cc1cc(C(CCCS(C)(=O)=O)NN)n(C)n1. The summed E-state index contributed by atoms with van der Waals surface area (Å²) in [6, 6.07) is 1.88. The van der Waals surface area contributed by atoms with Gasteiger partial charge in [-0.2, -0.15) is 5.10 Å². The molecule has 0 aliphatic rings. The lowest BCUT2D eigenvalue weighted by molar-refractivity contribution is 0.474. The zero-order valence-corrected chi connectivity index (χ0v) is 11.3. The van der Waals surface area contributed by atoms with Crippen LogP contribution < -0.4 is 11.3 Å². The lowest BCUT2D eigenvalue weighted by atomic mass is 10.1. The summed E-state index contributed by atoms with van der Waals surface area (Å²) in [7, 11) is -1.06. The van der Waals surface area contributed by atoms with Crippen LogP contribution in [-0.4, -0.2) is 30.2 Å². The van der Waals surface area contributed by atoms with Gasteiger partial charge in [-0.15, -0.1) is 0 Å². The summed E-state index contributed by atoms with van der Waals surface area (Å²) in [5.74, 6) is 5.67. The largest absolute Gasteiger partial charge is 0.271 e. The number of hydrogen-bond acceptors (Lipinski definition) is 5. The molecule has 7 heteroatoms. The predicted octanol–water partition coefficient (Wildman–Crippen LogP) is 0.0577. The summed E-state index contributed by atoms with van der Waals surface area (Å²) < 4.78 is 23.8. The van der Waals surface area contributed by atoms with E-state index < -0.39 is 9.84 Å². The van der Waals surface area contributed by atoms with Crippen LogP contribution in [0.25, 0.3) is 0 Å². The Labute approximate surface area is 102 Å². The summed E-state index contributed by atoms with van der Waals surface area (Å²) >= 11 is 0. The van der Waals surface area contributed by atoms with Crippen molar-refractivity contribution in [1.29, 1.82) is 0 Å². The maximum Gasteiger partial charge on any atom is 0.147 e. The Morgan fingerprint density at radius 3 is 2.65 bits per heavy atom. The van der Waals surface area contributed by atoms with Gasteiger partial charge in [0.25, 0.3) is 0 Å². The molecule has 17 heavy (non-hydrogen) atoms. The molecule has 1 rings (SSSR count). The summed E-state index contributed by atoms with van der Waals surface area (Å²) in [4.78, 5) is 0. The van der Waals surface area contributed by atoms with Crippen molar-refractivity contribution in [3.05, 3.63) is 17.5 Å². The number of hydrazine groups is 1. The molecule has 0 spiro atoms. The minimum absolute atomic E-state index is 0.0667. The summed E-state index contributed by atoms with van der Waals surface area (Å²) in [5, 5.41) is 4.24. The molecule has 1 heterocycles. The maximum absolute atomic E-state index is 11.0. The molecule has 0 saturated heterocycles. The Balaban J connectivity index is 2.63. The first kappa shape index (κ1) is 14.1. The molecule has 1 atom stereocenters. The molecule has 0 aliphatic heterocycles. The molecule has 1 unspecified atom stereocenters. The zero-order valence-electron chi connectivity index (χ0n) is 10.5. The first-order chi connectivity index (χ1) is 7.83. The summed E-state index contributed by atoms with van der Waals surface area (Å²) in [6.45, 7) is 1.91. The average molecular weight is 260 g/mol. The predicted molar refractivity (Wildman–Crippen MR) is 67.0 cm³/mol. The maximum atomic E-state index is 11.0. The molecule has 0 bridgehead atoms. The van der Waals surface area contributed by atoms with Gasteiger partial charge in [0, 0.05) is 19.1 Å². The third-order valence-electron chi connectivity index (χ3n) is 2.60. The number of aromatic nitrogens is 2. The van der Waals surface area contributed by atoms with Gasteiger partial charge in [-0.05, 0) is 25.8 Å². The van der Waals surface area contributed by atoms with Crippen molar-refractivity contribution >= 4 is 9.84 Å². The van der Waals surface area contributed by atoms with Gasteiger partial charge in [-0.25, -0.2) is 8.42 Å². The van der Waals surface area contributed by atoms with Crippen molar-refractivity contribution in [1.82, 2.24) is 15.2 Å². The highest BCUT2D eigenvalue weighted by atomic mass is 32.2. The Hall–Kier alpha value is -0.920. The average Bonchev–Trinajstić information content (AvgIpc) is 2.51. The van der Waals surface area contributed by atoms with Gasteiger partial charge in [-0.1, -0.05) is 0 Å². The van der Waals surface area contributed by atoms with E-state index in [1.165, 1.54) is 6.26 Å². The van der Waals surface area contributed by atoms with E-state index in [1.54, 1.807) is 4.68 Å². The Kier molecular flexibility index (Phi) is 4.67. The summed E-state index contributed by atoms with van der Waals surface area (Å²) in [5.41, 5.74) is 4.60. The third kappa shape index (κ3) is 4.45. The van der Waals surface area contributed by atoms with Crippen LogP contribution in [0.1, 0.15) is 30.3 Å². The summed E-state index contributed by atoms with van der Waals surface area (Å²) in [6.07, 6.45) is 2.49. The van der Waals surface area contributed by atoms with Crippen LogP contribution in [-0.2, 0) is 16.9 Å². The first-order valence-electron chi connectivity index (χ1n) is 5.48. The normalized spacial score (nSPS) is 13.9. The van der Waals surface area contributed by atoms with Crippen molar-refractivity contribution in [3.8, 4) is 0 Å². The molecular weight excluding hydrogens is 240 g/mol. The van der Waals surface area contributed by atoms with E-state index >= 15 is 0 Å². The second-order valence-corrected chi connectivity index (χ2v) is 6.59. The van der Waals surface area contributed by atoms with Gasteiger partial charge >= 0.3 is 0 Å².